The van der Waals surface area contributed by atoms with Crippen LogP contribution < -0.4 is 56.8 Å². The molecule has 16 heavy (non-hydrogen) atoms. The van der Waals surface area contributed by atoms with Gasteiger partial charge in [0.15, 0.2) is 0 Å². The first-order valence-corrected chi connectivity index (χ1v) is 4.41. The number of hydrogen-bond donors (Lipinski definition) is 1. The zero-order valence-electron chi connectivity index (χ0n) is 8.79. The van der Waals surface area contributed by atoms with Gasteiger partial charge in [0, 0.05) is 6.42 Å². The number of rotatable bonds is 4. The number of aliphatic carboxylic acids is 1. The maximum Gasteiger partial charge on any atom is 1.00 e. The summed E-state index contributed by atoms with van der Waals surface area (Å²) < 4.78 is 37.5. The Balaban J connectivity index is 0.00000225. The average molecular weight is 256 g/mol. The van der Waals surface area contributed by atoms with Gasteiger partial charge in [0.1, 0.15) is 0 Å². The number of halogens is 3. The van der Waals surface area contributed by atoms with Gasteiger partial charge in [-0.15, -0.1) is 5.46 Å². The van der Waals surface area contributed by atoms with Gasteiger partial charge in [-0.1, -0.05) is 29.8 Å². The van der Waals surface area contributed by atoms with Crippen molar-refractivity contribution < 1.29 is 74.2 Å². The van der Waals surface area contributed by atoms with Crippen molar-refractivity contribution in [3.8, 4) is 0 Å². The molecule has 0 aliphatic rings. The number of benzene rings is 1. The monoisotopic (exact) mass is 256 g/mol. The molecule has 0 atom stereocenters. The molecule has 0 aliphatic carbocycles. The Bertz CT molecular complexity index is 368. The van der Waals surface area contributed by atoms with E-state index in [1.807, 2.05) is 0 Å². The Morgan fingerprint density at radius 3 is 2.31 bits per heavy atom. The van der Waals surface area contributed by atoms with E-state index >= 15 is 0 Å². The second-order valence-electron chi connectivity index (χ2n) is 3.17. The van der Waals surface area contributed by atoms with E-state index < -0.39 is 18.4 Å². The Kier molecular flexibility index (Phi) is 6.88. The van der Waals surface area contributed by atoms with Crippen LogP contribution in [0.25, 0.3) is 0 Å². The van der Waals surface area contributed by atoms with Crippen LogP contribution in [-0.2, 0) is 11.2 Å². The Labute approximate surface area is 134 Å². The largest absolute Gasteiger partial charge is 1.00 e. The zero-order chi connectivity index (χ0) is 11.5. The summed E-state index contributed by atoms with van der Waals surface area (Å²) in [6.45, 7) is -5.06. The van der Waals surface area contributed by atoms with Gasteiger partial charge in [-0.2, -0.15) is 0 Å². The molecule has 0 spiro atoms. The van der Waals surface area contributed by atoms with Crippen LogP contribution in [0.5, 0.6) is 0 Å². The standard InChI is InChI=1S/C9H9BF3O2.K/c11-10(12,13)8-4-2-1-3-7(8)5-6-9(14)15;/h1-4H,5-6H2,(H,14,15);/q-1;+1. The predicted molar refractivity (Wildman–Crippen MR) is 51.1 cm³/mol. The molecule has 1 rings (SSSR count). The first-order valence-electron chi connectivity index (χ1n) is 4.41. The van der Waals surface area contributed by atoms with Crippen molar-refractivity contribution in [1.29, 1.82) is 0 Å². The molecule has 0 radical (unpaired) electrons. The first kappa shape index (κ1) is 16.2. The molecule has 7 heteroatoms. The molecule has 2 nitrogen and oxygen atoms in total. The van der Waals surface area contributed by atoms with Gasteiger partial charge in [-0.25, -0.2) is 0 Å². The summed E-state index contributed by atoms with van der Waals surface area (Å²) >= 11 is 0. The minimum Gasteiger partial charge on any atom is -0.481 e. The molecule has 1 N–H and O–H groups in total. The summed E-state index contributed by atoms with van der Waals surface area (Å²) in [5, 5.41) is 8.39. The third kappa shape index (κ3) is 5.01. The van der Waals surface area contributed by atoms with E-state index in [9.17, 15) is 17.7 Å². The van der Waals surface area contributed by atoms with Gasteiger partial charge in [-0.3, -0.25) is 4.79 Å². The normalized spacial score (nSPS) is 10.7. The van der Waals surface area contributed by atoms with E-state index in [-0.39, 0.29) is 69.8 Å². The minimum atomic E-state index is -5.06. The van der Waals surface area contributed by atoms with Crippen LogP contribution in [0.2, 0.25) is 0 Å². The van der Waals surface area contributed by atoms with Crippen molar-refractivity contribution in [2.75, 3.05) is 0 Å². The van der Waals surface area contributed by atoms with Crippen molar-refractivity contribution >= 4 is 18.4 Å². The number of hydrogen-bond acceptors (Lipinski definition) is 1. The second-order valence-corrected chi connectivity index (χ2v) is 3.17. The molecule has 0 unspecified atom stereocenters. The van der Waals surface area contributed by atoms with E-state index in [2.05, 4.69) is 0 Å². The van der Waals surface area contributed by atoms with Crippen molar-refractivity contribution in [2.24, 2.45) is 0 Å². The van der Waals surface area contributed by atoms with E-state index in [1.54, 1.807) is 0 Å². The third-order valence-corrected chi connectivity index (χ3v) is 2.02. The Hall–Kier alpha value is 0.181. The van der Waals surface area contributed by atoms with Gasteiger partial charge in [0.2, 0.25) is 0 Å². The van der Waals surface area contributed by atoms with E-state index in [4.69, 9.17) is 5.11 Å². The van der Waals surface area contributed by atoms with Gasteiger partial charge in [0.05, 0.1) is 0 Å². The van der Waals surface area contributed by atoms with Crippen LogP contribution in [0, 0.1) is 0 Å². The molecular formula is C9H9BF3KO2. The molecule has 0 amide bonds. The maximum atomic E-state index is 12.5. The van der Waals surface area contributed by atoms with Gasteiger partial charge in [0.25, 0.3) is 0 Å². The molecule has 0 fully saturated rings. The number of carboxylic acids is 1. The molecule has 82 valence electrons. The molecule has 0 aromatic heterocycles. The molecule has 0 saturated heterocycles. The summed E-state index contributed by atoms with van der Waals surface area (Å²) in [5.74, 6) is -1.10. The number of aryl methyl sites for hydroxylation is 1. The summed E-state index contributed by atoms with van der Waals surface area (Å²) in [5.41, 5.74) is -0.647. The number of carboxylic acid groups (broad SMARTS) is 1. The van der Waals surface area contributed by atoms with Crippen LogP contribution in [0.1, 0.15) is 12.0 Å². The minimum absolute atomic E-state index is 0. The van der Waals surface area contributed by atoms with E-state index in [0.29, 0.717) is 0 Å². The van der Waals surface area contributed by atoms with E-state index in [0.717, 1.165) is 6.07 Å². The average Bonchev–Trinajstić information content (AvgIpc) is 2.13. The summed E-state index contributed by atoms with van der Waals surface area (Å²) in [6, 6.07) is 5.07. The summed E-state index contributed by atoms with van der Waals surface area (Å²) in [4.78, 5) is 10.3. The fourth-order valence-electron chi connectivity index (χ4n) is 1.32. The van der Waals surface area contributed by atoms with Crippen LogP contribution in [0.4, 0.5) is 12.9 Å². The quantitative estimate of drug-likeness (QED) is 0.684. The van der Waals surface area contributed by atoms with Crippen molar-refractivity contribution in [1.82, 2.24) is 0 Å². The summed E-state index contributed by atoms with van der Waals surface area (Å²) in [6.07, 6.45) is -0.379. The van der Waals surface area contributed by atoms with Crippen LogP contribution in [-0.4, -0.2) is 18.1 Å². The molecule has 1 aromatic carbocycles. The SMILES string of the molecule is O=C(O)CCc1ccccc1[B-](F)(F)F.[K+]. The molecule has 0 saturated carbocycles. The smallest absolute Gasteiger partial charge is 0.481 e. The number of carbonyl (C=O) groups is 1. The fourth-order valence-corrected chi connectivity index (χ4v) is 1.32. The molecular weight excluding hydrogens is 247 g/mol. The molecule has 0 bridgehead atoms. The molecule has 0 heterocycles. The van der Waals surface area contributed by atoms with Crippen LogP contribution in [0.15, 0.2) is 24.3 Å². The maximum absolute atomic E-state index is 12.5. The first-order chi connectivity index (χ1) is 6.91. The zero-order valence-corrected chi connectivity index (χ0v) is 11.9. The fraction of sp³-hybridized carbons (Fsp3) is 0.222. The van der Waals surface area contributed by atoms with Crippen molar-refractivity contribution in [2.45, 2.75) is 12.8 Å². The topological polar surface area (TPSA) is 37.3 Å². The second kappa shape index (κ2) is 6.81. The van der Waals surface area contributed by atoms with Crippen molar-refractivity contribution in [3.05, 3.63) is 29.8 Å². The Morgan fingerprint density at radius 2 is 1.81 bits per heavy atom. The molecule has 0 aliphatic heterocycles. The third-order valence-electron chi connectivity index (χ3n) is 2.02. The van der Waals surface area contributed by atoms with E-state index in [1.165, 1.54) is 18.2 Å². The van der Waals surface area contributed by atoms with Gasteiger partial charge >= 0.3 is 64.3 Å². The Morgan fingerprint density at radius 1 is 1.25 bits per heavy atom. The van der Waals surface area contributed by atoms with Crippen LogP contribution >= 0.6 is 0 Å². The van der Waals surface area contributed by atoms with Crippen LogP contribution in [0.3, 0.4) is 0 Å². The van der Waals surface area contributed by atoms with Gasteiger partial charge in [-0.05, 0) is 6.42 Å². The predicted octanol–water partition coefficient (Wildman–Crippen LogP) is -1.24. The van der Waals surface area contributed by atoms with Gasteiger partial charge < -0.3 is 18.1 Å². The van der Waals surface area contributed by atoms with Crippen molar-refractivity contribution in [3.63, 3.8) is 0 Å². The summed E-state index contributed by atoms with van der Waals surface area (Å²) in [7, 11) is 0. The molecule has 1 aromatic rings.